The van der Waals surface area contributed by atoms with E-state index in [0.717, 1.165) is 5.56 Å². The highest BCUT2D eigenvalue weighted by molar-refractivity contribution is 7.93. The van der Waals surface area contributed by atoms with Crippen LogP contribution in [0.4, 0.5) is 11.4 Å². The van der Waals surface area contributed by atoms with Gasteiger partial charge in [-0.2, -0.15) is 0 Å². The number of amides is 1. The van der Waals surface area contributed by atoms with E-state index in [1.165, 1.54) is 55.6 Å². The fourth-order valence-electron chi connectivity index (χ4n) is 3.16. The van der Waals surface area contributed by atoms with Gasteiger partial charge in [0.25, 0.3) is 26.0 Å². The molecule has 0 aliphatic carbocycles. The predicted molar refractivity (Wildman–Crippen MR) is 140 cm³/mol. The molecular weight excluding hydrogens is 526 g/mol. The molecule has 0 saturated heterocycles. The molecule has 0 unspecified atom stereocenters. The molecule has 3 aromatic carbocycles. The molecule has 0 fully saturated rings. The van der Waals surface area contributed by atoms with Gasteiger partial charge in [0.15, 0.2) is 0 Å². The summed E-state index contributed by atoms with van der Waals surface area (Å²) in [5, 5.41) is 3.12. The fourth-order valence-corrected chi connectivity index (χ4v) is 5.47. The second kappa shape index (κ2) is 10.8. The third-order valence-electron chi connectivity index (χ3n) is 4.99. The zero-order valence-electron chi connectivity index (χ0n) is 20.0. The molecule has 0 radical (unpaired) electrons. The lowest BCUT2D eigenvalue weighted by atomic mass is 10.2. The number of hydrogen-bond acceptors (Lipinski definition) is 6. The van der Waals surface area contributed by atoms with E-state index in [-0.39, 0.29) is 32.8 Å². The van der Waals surface area contributed by atoms with E-state index in [4.69, 9.17) is 16.3 Å². The number of nitrogens with one attached hydrogen (secondary N) is 3. The molecule has 3 aromatic rings. The lowest BCUT2D eigenvalue weighted by Crippen LogP contribution is -2.30. The maximum atomic E-state index is 13.0. The Kier molecular flexibility index (Phi) is 8.17. The maximum Gasteiger partial charge on any atom is 0.261 e. The molecule has 0 heterocycles. The summed E-state index contributed by atoms with van der Waals surface area (Å²) >= 11 is 6.06. The minimum Gasteiger partial charge on any atom is -0.496 e. The molecule has 0 aliphatic heterocycles. The number of carbonyl (C=O) groups is 1. The van der Waals surface area contributed by atoms with Crippen molar-refractivity contribution in [2.75, 3.05) is 16.6 Å². The second-order valence-corrected chi connectivity index (χ2v) is 12.0. The van der Waals surface area contributed by atoms with Gasteiger partial charge in [0, 0.05) is 16.8 Å². The van der Waals surface area contributed by atoms with Crippen molar-refractivity contribution >= 4 is 48.9 Å². The summed E-state index contributed by atoms with van der Waals surface area (Å²) in [6.45, 7) is 5.36. The average Bonchev–Trinajstić information content (AvgIpc) is 2.80. The Morgan fingerprint density at radius 2 is 1.39 bits per heavy atom. The number of aryl methyl sites for hydroxylation is 1. The van der Waals surface area contributed by atoms with Crippen LogP contribution < -0.4 is 19.5 Å². The summed E-state index contributed by atoms with van der Waals surface area (Å²) in [4.78, 5) is 12.3. The molecule has 0 saturated carbocycles. The molecular formula is C24H26ClN3O6S2. The molecule has 3 N–H and O–H groups in total. The third-order valence-corrected chi connectivity index (χ3v) is 8.17. The molecule has 192 valence electrons. The minimum atomic E-state index is -4.09. The van der Waals surface area contributed by atoms with Gasteiger partial charge < -0.3 is 10.1 Å². The lowest BCUT2D eigenvalue weighted by Gasteiger charge is -2.14. The number of halogens is 1. The van der Waals surface area contributed by atoms with E-state index in [1.807, 2.05) is 0 Å². The molecule has 0 aromatic heterocycles. The first kappa shape index (κ1) is 27.3. The first-order valence-corrected chi connectivity index (χ1v) is 14.1. The summed E-state index contributed by atoms with van der Waals surface area (Å²) in [6.07, 6.45) is 0. The van der Waals surface area contributed by atoms with E-state index in [0.29, 0.717) is 10.7 Å². The molecule has 9 nitrogen and oxygen atoms in total. The van der Waals surface area contributed by atoms with Crippen molar-refractivity contribution in [3.8, 4) is 5.75 Å². The quantitative estimate of drug-likeness (QED) is 0.361. The SMILES string of the molecule is COc1ccc(S(=O)(=O)Nc2ccc(S(=O)(=O)Nc3ccc(C)c(Cl)c3)cc2)cc1C(=O)NC(C)C. The lowest BCUT2D eigenvalue weighted by molar-refractivity contribution is 0.0940. The van der Waals surface area contributed by atoms with Crippen LogP contribution >= 0.6 is 11.6 Å². The molecule has 1 amide bonds. The Morgan fingerprint density at radius 3 is 1.97 bits per heavy atom. The highest BCUT2D eigenvalue weighted by atomic mass is 35.5. The highest BCUT2D eigenvalue weighted by Gasteiger charge is 2.21. The van der Waals surface area contributed by atoms with Gasteiger partial charge in [-0.3, -0.25) is 14.2 Å². The first-order valence-electron chi connectivity index (χ1n) is 10.7. The van der Waals surface area contributed by atoms with Gasteiger partial charge in [-0.05, 0) is 80.9 Å². The fraction of sp³-hybridized carbons (Fsp3) is 0.208. The standard InChI is InChI=1S/C24H26ClN3O6S2/c1-15(2)26-24(29)21-14-20(11-12-23(21)34-4)36(32,33)27-17-7-9-19(10-8-17)35(30,31)28-18-6-5-16(3)22(25)13-18/h5-15,27-28H,1-4H3,(H,26,29). The largest absolute Gasteiger partial charge is 0.496 e. The Hall–Kier alpha value is -3.28. The number of rotatable bonds is 9. The van der Waals surface area contributed by atoms with E-state index in [2.05, 4.69) is 14.8 Å². The van der Waals surface area contributed by atoms with Crippen molar-refractivity contribution in [2.24, 2.45) is 0 Å². The first-order chi connectivity index (χ1) is 16.8. The number of carbonyl (C=O) groups excluding carboxylic acids is 1. The van der Waals surface area contributed by atoms with Crippen molar-refractivity contribution in [1.82, 2.24) is 5.32 Å². The van der Waals surface area contributed by atoms with Crippen LogP contribution in [0.3, 0.4) is 0 Å². The zero-order valence-corrected chi connectivity index (χ0v) is 22.4. The van der Waals surface area contributed by atoms with Gasteiger partial charge in [0.1, 0.15) is 5.75 Å². The Morgan fingerprint density at radius 1 is 0.833 bits per heavy atom. The minimum absolute atomic E-state index is 0.0674. The summed E-state index contributed by atoms with van der Waals surface area (Å²) in [5.74, 6) is -0.250. The summed E-state index contributed by atoms with van der Waals surface area (Å²) in [6, 6.07) is 13.7. The van der Waals surface area contributed by atoms with Gasteiger partial charge in [0.05, 0.1) is 28.2 Å². The Balaban J connectivity index is 1.81. The van der Waals surface area contributed by atoms with Crippen molar-refractivity contribution in [3.63, 3.8) is 0 Å². The summed E-state index contributed by atoms with van der Waals surface area (Å²) in [7, 11) is -6.65. The Bertz CT molecular complexity index is 1490. The molecule has 0 atom stereocenters. The molecule has 0 aliphatic rings. The van der Waals surface area contributed by atoms with Crippen LogP contribution in [0.2, 0.25) is 5.02 Å². The predicted octanol–water partition coefficient (Wildman–Crippen LogP) is 4.40. The average molecular weight is 552 g/mol. The van der Waals surface area contributed by atoms with Crippen LogP contribution in [-0.2, 0) is 20.0 Å². The number of anilines is 2. The molecule has 12 heteroatoms. The second-order valence-electron chi connectivity index (χ2n) is 8.19. The van der Waals surface area contributed by atoms with Crippen molar-refractivity contribution in [3.05, 3.63) is 76.8 Å². The van der Waals surface area contributed by atoms with E-state index >= 15 is 0 Å². The summed E-state index contributed by atoms with van der Waals surface area (Å²) in [5.41, 5.74) is 1.31. The van der Waals surface area contributed by atoms with Crippen LogP contribution in [0.15, 0.2) is 70.5 Å². The Labute approximate surface area is 215 Å². The van der Waals surface area contributed by atoms with Gasteiger partial charge in [-0.1, -0.05) is 17.7 Å². The van der Waals surface area contributed by atoms with Crippen molar-refractivity contribution in [1.29, 1.82) is 0 Å². The zero-order chi connectivity index (χ0) is 26.7. The van der Waals surface area contributed by atoms with Gasteiger partial charge in [-0.15, -0.1) is 0 Å². The number of methoxy groups -OCH3 is 1. The van der Waals surface area contributed by atoms with Crippen LogP contribution in [0, 0.1) is 6.92 Å². The van der Waals surface area contributed by atoms with Crippen molar-refractivity contribution < 1.29 is 26.4 Å². The van der Waals surface area contributed by atoms with E-state index in [9.17, 15) is 21.6 Å². The van der Waals surface area contributed by atoms with Crippen LogP contribution in [-0.4, -0.2) is 35.9 Å². The number of sulfonamides is 2. The third kappa shape index (κ3) is 6.48. The monoisotopic (exact) mass is 551 g/mol. The maximum absolute atomic E-state index is 13.0. The van der Waals surface area contributed by atoms with Gasteiger partial charge in [-0.25, -0.2) is 16.8 Å². The van der Waals surface area contributed by atoms with E-state index < -0.39 is 26.0 Å². The molecule has 0 bridgehead atoms. The molecule has 0 spiro atoms. The van der Waals surface area contributed by atoms with Crippen LogP contribution in [0.25, 0.3) is 0 Å². The van der Waals surface area contributed by atoms with Gasteiger partial charge in [0.2, 0.25) is 0 Å². The number of benzene rings is 3. The normalized spacial score (nSPS) is 11.7. The number of ether oxygens (including phenoxy) is 1. The van der Waals surface area contributed by atoms with Crippen molar-refractivity contribution in [2.45, 2.75) is 36.6 Å². The van der Waals surface area contributed by atoms with E-state index in [1.54, 1.807) is 32.9 Å². The van der Waals surface area contributed by atoms with Crippen LogP contribution in [0.1, 0.15) is 29.8 Å². The topological polar surface area (TPSA) is 131 Å². The van der Waals surface area contributed by atoms with Crippen LogP contribution in [0.5, 0.6) is 5.75 Å². The summed E-state index contributed by atoms with van der Waals surface area (Å²) < 4.78 is 61.3. The number of hydrogen-bond donors (Lipinski definition) is 3. The molecule has 36 heavy (non-hydrogen) atoms. The van der Waals surface area contributed by atoms with Gasteiger partial charge >= 0.3 is 0 Å². The highest BCUT2D eigenvalue weighted by Crippen LogP contribution is 2.26. The molecule has 3 rings (SSSR count). The smallest absolute Gasteiger partial charge is 0.261 e.